The number of carbonyl (C=O) groups is 4. The molecule has 0 fully saturated rings. The number of fused-ring (bicyclic) bond motifs is 1. The second-order valence-electron chi connectivity index (χ2n) is 6.01. The molecule has 0 saturated heterocycles. The summed E-state index contributed by atoms with van der Waals surface area (Å²) in [6.07, 6.45) is 7.20. The summed E-state index contributed by atoms with van der Waals surface area (Å²) >= 11 is 0. The Balaban J connectivity index is 1.77. The maximum absolute atomic E-state index is 12.4. The van der Waals surface area contributed by atoms with Crippen LogP contribution in [0.1, 0.15) is 61.7 Å². The van der Waals surface area contributed by atoms with Gasteiger partial charge in [-0.2, -0.15) is 0 Å². The van der Waals surface area contributed by atoms with Gasteiger partial charge in [0.05, 0.1) is 5.56 Å². The normalized spacial score (nSPS) is 16.4. The molecule has 1 unspecified atom stereocenters. The molecule has 5 heteroatoms. The first-order chi connectivity index (χ1) is 11.6. The molecule has 0 radical (unpaired) electrons. The zero-order valence-corrected chi connectivity index (χ0v) is 13.7. The van der Waals surface area contributed by atoms with E-state index in [0.717, 1.165) is 38.4 Å². The summed E-state index contributed by atoms with van der Waals surface area (Å²) in [4.78, 5) is 46.7. The minimum absolute atomic E-state index is 0.210. The van der Waals surface area contributed by atoms with Gasteiger partial charge in [0.2, 0.25) is 0 Å². The second-order valence-corrected chi connectivity index (χ2v) is 6.01. The van der Waals surface area contributed by atoms with Gasteiger partial charge in [0, 0.05) is 12.8 Å². The highest BCUT2D eigenvalue weighted by molar-refractivity contribution is 6.25. The molecule has 0 amide bonds. The third-order valence-electron chi connectivity index (χ3n) is 4.18. The van der Waals surface area contributed by atoms with E-state index in [4.69, 9.17) is 4.74 Å². The molecule has 2 rings (SSSR count). The first-order valence-corrected chi connectivity index (χ1v) is 8.46. The topological polar surface area (TPSA) is 77.5 Å². The van der Waals surface area contributed by atoms with Crippen LogP contribution in [0.15, 0.2) is 24.3 Å². The zero-order valence-electron chi connectivity index (χ0n) is 13.7. The highest BCUT2D eigenvalue weighted by Gasteiger charge is 2.40. The van der Waals surface area contributed by atoms with E-state index in [2.05, 4.69) is 0 Å². The van der Waals surface area contributed by atoms with Crippen LogP contribution < -0.4 is 4.74 Å². The van der Waals surface area contributed by atoms with Crippen molar-refractivity contribution in [3.8, 4) is 5.75 Å². The highest BCUT2D eigenvalue weighted by Crippen LogP contribution is 2.29. The van der Waals surface area contributed by atoms with E-state index < -0.39 is 17.7 Å². The highest BCUT2D eigenvalue weighted by atomic mass is 16.5. The lowest BCUT2D eigenvalue weighted by Crippen LogP contribution is -2.38. The number of hydrogen-bond donors (Lipinski definition) is 0. The lowest BCUT2D eigenvalue weighted by atomic mass is 9.88. The van der Waals surface area contributed by atoms with Crippen molar-refractivity contribution in [2.24, 2.45) is 5.92 Å². The van der Waals surface area contributed by atoms with E-state index >= 15 is 0 Å². The number of ether oxygens (including phenoxy) is 1. The van der Waals surface area contributed by atoms with Crippen molar-refractivity contribution in [2.75, 3.05) is 0 Å². The SMILES string of the molecule is O=CCCCCCCCCC(=O)C1C(=O)Oc2ccccc2C1=O. The lowest BCUT2D eigenvalue weighted by molar-refractivity contribution is -0.142. The maximum Gasteiger partial charge on any atom is 0.329 e. The number of benzene rings is 1. The van der Waals surface area contributed by atoms with E-state index in [1.54, 1.807) is 24.3 Å². The van der Waals surface area contributed by atoms with Crippen LogP contribution in [0.25, 0.3) is 0 Å². The van der Waals surface area contributed by atoms with Crippen LogP contribution in [0.2, 0.25) is 0 Å². The first-order valence-electron chi connectivity index (χ1n) is 8.46. The number of carbonyl (C=O) groups excluding carboxylic acids is 4. The molecule has 5 nitrogen and oxygen atoms in total. The lowest BCUT2D eigenvalue weighted by Gasteiger charge is -2.21. The summed E-state index contributed by atoms with van der Waals surface area (Å²) in [6, 6.07) is 6.48. The minimum atomic E-state index is -1.31. The van der Waals surface area contributed by atoms with E-state index in [0.29, 0.717) is 18.4 Å². The van der Waals surface area contributed by atoms with Crippen LogP contribution in [0.3, 0.4) is 0 Å². The maximum atomic E-state index is 12.4. The van der Waals surface area contributed by atoms with E-state index in [-0.39, 0.29) is 18.0 Å². The molecule has 0 saturated carbocycles. The number of unbranched alkanes of at least 4 members (excludes halogenated alkanes) is 6. The Kier molecular flexibility index (Phi) is 6.85. The van der Waals surface area contributed by atoms with E-state index in [1.807, 2.05) is 0 Å². The minimum Gasteiger partial charge on any atom is -0.425 e. The quantitative estimate of drug-likeness (QED) is 0.216. The average Bonchev–Trinajstić information content (AvgIpc) is 2.57. The van der Waals surface area contributed by atoms with Gasteiger partial charge in [-0.15, -0.1) is 0 Å². The van der Waals surface area contributed by atoms with Crippen molar-refractivity contribution in [3.63, 3.8) is 0 Å². The van der Waals surface area contributed by atoms with Crippen LogP contribution in [0.5, 0.6) is 5.75 Å². The van der Waals surface area contributed by atoms with Crippen molar-refractivity contribution in [1.82, 2.24) is 0 Å². The summed E-state index contributed by atoms with van der Waals surface area (Å²) in [5.74, 6) is -2.67. The Bertz CT molecular complexity index is 620. The number of ketones is 2. The van der Waals surface area contributed by atoms with Crippen LogP contribution in [-0.4, -0.2) is 23.8 Å². The summed E-state index contributed by atoms with van der Waals surface area (Å²) in [6.45, 7) is 0. The molecule has 0 bridgehead atoms. The van der Waals surface area contributed by atoms with Crippen LogP contribution in [-0.2, 0) is 14.4 Å². The van der Waals surface area contributed by atoms with Gasteiger partial charge in [0.15, 0.2) is 17.5 Å². The fraction of sp³-hybridized carbons (Fsp3) is 0.474. The van der Waals surface area contributed by atoms with E-state index in [9.17, 15) is 19.2 Å². The van der Waals surface area contributed by atoms with Crippen LogP contribution >= 0.6 is 0 Å². The molecule has 0 spiro atoms. The van der Waals surface area contributed by atoms with Crippen molar-refractivity contribution < 1.29 is 23.9 Å². The van der Waals surface area contributed by atoms with Gasteiger partial charge in [-0.3, -0.25) is 14.4 Å². The second kappa shape index (κ2) is 9.11. The number of rotatable bonds is 10. The van der Waals surface area contributed by atoms with Crippen molar-refractivity contribution in [1.29, 1.82) is 0 Å². The fourth-order valence-electron chi connectivity index (χ4n) is 2.85. The molecule has 24 heavy (non-hydrogen) atoms. The standard InChI is InChI=1S/C19H22O5/c20-13-9-5-3-1-2-4-6-11-15(21)17-18(22)14-10-7-8-12-16(14)24-19(17)23/h7-8,10,12-13,17H,1-6,9,11H2. The molecule has 0 aliphatic carbocycles. The molecule has 0 N–H and O–H groups in total. The monoisotopic (exact) mass is 330 g/mol. The number of hydrogen-bond acceptors (Lipinski definition) is 5. The Morgan fingerprint density at radius 2 is 1.67 bits per heavy atom. The van der Waals surface area contributed by atoms with Gasteiger partial charge in [-0.05, 0) is 25.0 Å². The van der Waals surface area contributed by atoms with Gasteiger partial charge < -0.3 is 9.53 Å². The van der Waals surface area contributed by atoms with E-state index in [1.165, 1.54) is 0 Å². The predicted octanol–water partition coefficient (Wildman–Crippen LogP) is 3.29. The Labute approximate surface area is 141 Å². The van der Waals surface area contributed by atoms with Gasteiger partial charge in [-0.1, -0.05) is 37.8 Å². The third kappa shape index (κ3) is 4.60. The largest absolute Gasteiger partial charge is 0.425 e. The first kappa shape index (κ1) is 18.0. The molecule has 128 valence electrons. The zero-order chi connectivity index (χ0) is 17.4. The number of Topliss-reactive ketones (excluding diaryl/α,β-unsaturated/α-hetero) is 2. The van der Waals surface area contributed by atoms with Crippen LogP contribution in [0, 0.1) is 5.92 Å². The third-order valence-corrected chi connectivity index (χ3v) is 4.18. The molecule has 0 aromatic heterocycles. The predicted molar refractivity (Wildman–Crippen MR) is 87.9 cm³/mol. The summed E-state index contributed by atoms with van der Waals surface area (Å²) < 4.78 is 5.11. The van der Waals surface area contributed by atoms with Crippen molar-refractivity contribution in [3.05, 3.63) is 29.8 Å². The molecule has 1 atom stereocenters. The molecular weight excluding hydrogens is 308 g/mol. The van der Waals surface area contributed by atoms with Crippen LogP contribution in [0.4, 0.5) is 0 Å². The Morgan fingerprint density at radius 3 is 2.42 bits per heavy atom. The van der Waals surface area contributed by atoms with Gasteiger partial charge in [0.1, 0.15) is 12.0 Å². The summed E-state index contributed by atoms with van der Waals surface area (Å²) in [5.41, 5.74) is 0.297. The number of esters is 1. The molecule has 1 heterocycles. The average molecular weight is 330 g/mol. The van der Waals surface area contributed by atoms with Gasteiger partial charge in [0.25, 0.3) is 0 Å². The number of para-hydroxylation sites is 1. The molecular formula is C19H22O5. The summed E-state index contributed by atoms with van der Waals surface area (Å²) in [5, 5.41) is 0. The molecule has 1 aliphatic rings. The van der Waals surface area contributed by atoms with Gasteiger partial charge >= 0.3 is 5.97 Å². The summed E-state index contributed by atoms with van der Waals surface area (Å²) in [7, 11) is 0. The van der Waals surface area contributed by atoms with Crippen molar-refractivity contribution >= 4 is 23.8 Å². The Hall–Kier alpha value is -2.30. The smallest absolute Gasteiger partial charge is 0.329 e. The molecule has 1 aromatic carbocycles. The number of aldehydes is 1. The fourth-order valence-corrected chi connectivity index (χ4v) is 2.85. The van der Waals surface area contributed by atoms with Gasteiger partial charge in [-0.25, -0.2) is 0 Å². The van der Waals surface area contributed by atoms with Crippen molar-refractivity contribution in [2.45, 2.75) is 51.4 Å². The molecule has 1 aliphatic heterocycles. The molecule has 1 aromatic rings. The Morgan fingerprint density at radius 1 is 1.00 bits per heavy atom.